The van der Waals surface area contributed by atoms with E-state index >= 15 is 0 Å². The average molecular weight is 566 g/mol. The Kier molecular flexibility index (Phi) is 8.16. The number of nitro benzene ring substituents is 1. The second-order valence-corrected chi connectivity index (χ2v) is 8.67. The van der Waals surface area contributed by atoms with E-state index in [1.165, 1.54) is 36.0 Å². The Morgan fingerprint density at radius 3 is 2.62 bits per heavy atom. The first-order valence-corrected chi connectivity index (χ1v) is 11.6. The summed E-state index contributed by atoms with van der Waals surface area (Å²) in [5, 5.41) is 25.2. The van der Waals surface area contributed by atoms with E-state index in [1.807, 2.05) is 31.2 Å². The van der Waals surface area contributed by atoms with Crippen LogP contribution in [0.1, 0.15) is 23.1 Å². The van der Waals surface area contributed by atoms with Crippen molar-refractivity contribution in [2.45, 2.75) is 25.2 Å². The molecule has 2 N–H and O–H groups in total. The number of nitrogens with one attached hydrogen (secondary N) is 2. The first kappa shape index (κ1) is 23.7. The van der Waals surface area contributed by atoms with E-state index in [0.717, 1.165) is 9.26 Å². The van der Waals surface area contributed by atoms with Crippen LogP contribution in [0.4, 0.5) is 11.4 Å². The van der Waals surface area contributed by atoms with Crippen LogP contribution in [0.3, 0.4) is 0 Å². The Balaban J connectivity index is 1.57. The van der Waals surface area contributed by atoms with Crippen LogP contribution < -0.4 is 10.6 Å². The number of aromatic nitrogens is 3. The maximum Gasteiger partial charge on any atom is 0.270 e. The smallest absolute Gasteiger partial charge is 0.270 e. The van der Waals surface area contributed by atoms with Crippen LogP contribution in [0.15, 0.2) is 53.7 Å². The number of anilines is 1. The van der Waals surface area contributed by atoms with E-state index in [9.17, 15) is 19.7 Å². The standard InChI is InChI=1S/C20H19IN6O4S/c1-2-26-17(11-22-19(29)13-4-3-5-16(10-13)27(30)31)24-25-20(26)32-12-18(28)23-15-8-6-14(21)7-9-15/h3-10H,2,11-12H2,1H3,(H,22,29)(H,23,28). The number of nitrogens with zero attached hydrogens (tertiary/aromatic N) is 4. The summed E-state index contributed by atoms with van der Waals surface area (Å²) >= 11 is 3.44. The van der Waals surface area contributed by atoms with Gasteiger partial charge in [-0.3, -0.25) is 19.7 Å². The Morgan fingerprint density at radius 2 is 1.94 bits per heavy atom. The molecule has 0 spiro atoms. The summed E-state index contributed by atoms with van der Waals surface area (Å²) in [7, 11) is 0. The molecule has 12 heteroatoms. The number of nitro groups is 1. The van der Waals surface area contributed by atoms with Crippen LogP contribution in [0.2, 0.25) is 0 Å². The van der Waals surface area contributed by atoms with Gasteiger partial charge in [-0.05, 0) is 59.8 Å². The lowest BCUT2D eigenvalue weighted by atomic mass is 10.2. The molecule has 0 bridgehead atoms. The highest BCUT2D eigenvalue weighted by Crippen LogP contribution is 2.19. The Bertz CT molecular complexity index is 1140. The van der Waals surface area contributed by atoms with E-state index in [1.54, 1.807) is 4.57 Å². The third kappa shape index (κ3) is 6.26. The fourth-order valence-corrected chi connectivity index (χ4v) is 3.94. The van der Waals surface area contributed by atoms with E-state index in [4.69, 9.17) is 0 Å². The van der Waals surface area contributed by atoms with Crippen molar-refractivity contribution in [1.82, 2.24) is 20.1 Å². The minimum Gasteiger partial charge on any atom is -0.345 e. The van der Waals surface area contributed by atoms with Crippen LogP contribution in [0.25, 0.3) is 0 Å². The number of non-ortho nitro benzene ring substituents is 1. The predicted molar refractivity (Wildman–Crippen MR) is 128 cm³/mol. The molecule has 3 rings (SSSR count). The molecule has 1 heterocycles. The topological polar surface area (TPSA) is 132 Å². The van der Waals surface area contributed by atoms with Crippen LogP contribution in [0.5, 0.6) is 0 Å². The Hall–Kier alpha value is -3.00. The molecule has 32 heavy (non-hydrogen) atoms. The lowest BCUT2D eigenvalue weighted by Crippen LogP contribution is -2.25. The van der Waals surface area contributed by atoms with E-state index in [0.29, 0.717) is 17.5 Å². The maximum absolute atomic E-state index is 12.4. The molecule has 0 radical (unpaired) electrons. The van der Waals surface area contributed by atoms with Gasteiger partial charge in [0.25, 0.3) is 11.6 Å². The van der Waals surface area contributed by atoms with Crippen molar-refractivity contribution < 1.29 is 14.5 Å². The molecular formula is C20H19IN6O4S. The predicted octanol–water partition coefficient (Wildman–Crippen LogP) is 3.47. The number of carbonyl (C=O) groups excluding carboxylic acids is 2. The Morgan fingerprint density at radius 1 is 1.19 bits per heavy atom. The number of rotatable bonds is 9. The summed E-state index contributed by atoms with van der Waals surface area (Å²) < 4.78 is 2.88. The van der Waals surface area contributed by atoms with Gasteiger partial charge in [-0.25, -0.2) is 0 Å². The molecule has 0 aliphatic rings. The zero-order chi connectivity index (χ0) is 23.1. The van der Waals surface area contributed by atoms with Crippen LogP contribution in [0, 0.1) is 13.7 Å². The largest absolute Gasteiger partial charge is 0.345 e. The molecule has 1 aromatic heterocycles. The fraction of sp³-hybridized carbons (Fsp3) is 0.200. The lowest BCUT2D eigenvalue weighted by molar-refractivity contribution is -0.384. The van der Waals surface area contributed by atoms with Crippen LogP contribution >= 0.6 is 34.4 Å². The lowest BCUT2D eigenvalue weighted by Gasteiger charge is -2.09. The minimum atomic E-state index is -0.553. The molecule has 0 unspecified atom stereocenters. The molecular weight excluding hydrogens is 547 g/mol. The minimum absolute atomic E-state index is 0.0950. The molecule has 3 aromatic rings. The van der Waals surface area contributed by atoms with Crippen molar-refractivity contribution in [2.75, 3.05) is 11.1 Å². The number of hydrogen-bond donors (Lipinski definition) is 2. The van der Waals surface area contributed by atoms with Gasteiger partial charge in [-0.1, -0.05) is 17.8 Å². The first-order valence-electron chi connectivity index (χ1n) is 9.50. The third-order valence-electron chi connectivity index (χ3n) is 4.30. The first-order chi connectivity index (χ1) is 15.4. The number of thioether (sulfide) groups is 1. The van der Waals surface area contributed by atoms with Crippen molar-refractivity contribution in [1.29, 1.82) is 0 Å². The van der Waals surface area contributed by atoms with Gasteiger partial charge in [0.2, 0.25) is 5.91 Å². The van der Waals surface area contributed by atoms with Crippen LogP contribution in [-0.4, -0.2) is 37.3 Å². The second-order valence-electron chi connectivity index (χ2n) is 6.48. The van der Waals surface area contributed by atoms with Crippen LogP contribution in [-0.2, 0) is 17.9 Å². The number of carbonyl (C=O) groups is 2. The van der Waals surface area contributed by atoms with Crippen molar-refractivity contribution in [3.63, 3.8) is 0 Å². The van der Waals surface area contributed by atoms with Crippen molar-refractivity contribution in [3.05, 3.63) is 73.6 Å². The van der Waals surface area contributed by atoms with Gasteiger partial charge < -0.3 is 15.2 Å². The zero-order valence-electron chi connectivity index (χ0n) is 16.9. The molecule has 2 aromatic carbocycles. The van der Waals surface area contributed by atoms with E-state index in [2.05, 4.69) is 43.4 Å². The molecule has 0 saturated heterocycles. The molecule has 166 valence electrons. The molecule has 0 saturated carbocycles. The highest BCUT2D eigenvalue weighted by atomic mass is 127. The second kappa shape index (κ2) is 11.0. The van der Waals surface area contributed by atoms with Crippen molar-refractivity contribution >= 4 is 57.5 Å². The molecule has 0 fully saturated rings. The summed E-state index contributed by atoms with van der Waals surface area (Å²) in [6.07, 6.45) is 0. The SMILES string of the molecule is CCn1c(CNC(=O)c2cccc([N+](=O)[O-])c2)nnc1SCC(=O)Nc1ccc(I)cc1. The normalized spacial score (nSPS) is 10.6. The number of hydrogen-bond acceptors (Lipinski definition) is 7. The molecule has 10 nitrogen and oxygen atoms in total. The number of benzene rings is 2. The summed E-state index contributed by atoms with van der Waals surface area (Å²) in [5.74, 6) is 0.0594. The van der Waals surface area contributed by atoms with Crippen molar-refractivity contribution in [2.24, 2.45) is 0 Å². The molecule has 0 aliphatic heterocycles. The monoisotopic (exact) mass is 566 g/mol. The number of amides is 2. The average Bonchev–Trinajstić information content (AvgIpc) is 3.19. The van der Waals surface area contributed by atoms with Gasteiger partial charge in [-0.2, -0.15) is 0 Å². The number of halogens is 1. The molecule has 0 atom stereocenters. The summed E-state index contributed by atoms with van der Waals surface area (Å²) in [6, 6.07) is 13.0. The van der Waals surface area contributed by atoms with Gasteiger partial charge in [-0.15, -0.1) is 10.2 Å². The van der Waals surface area contributed by atoms with Crippen molar-refractivity contribution in [3.8, 4) is 0 Å². The summed E-state index contributed by atoms with van der Waals surface area (Å²) in [5.41, 5.74) is 0.748. The maximum atomic E-state index is 12.4. The fourth-order valence-electron chi connectivity index (χ4n) is 2.76. The zero-order valence-corrected chi connectivity index (χ0v) is 19.9. The molecule has 0 aliphatic carbocycles. The van der Waals surface area contributed by atoms with Gasteiger partial charge >= 0.3 is 0 Å². The quantitative estimate of drug-likeness (QED) is 0.176. The van der Waals surface area contributed by atoms with Gasteiger partial charge in [0.05, 0.1) is 17.2 Å². The summed E-state index contributed by atoms with van der Waals surface area (Å²) in [4.78, 5) is 34.9. The van der Waals surface area contributed by atoms with E-state index < -0.39 is 10.8 Å². The van der Waals surface area contributed by atoms with E-state index in [-0.39, 0.29) is 29.5 Å². The molecule has 2 amide bonds. The highest BCUT2D eigenvalue weighted by molar-refractivity contribution is 14.1. The van der Waals surface area contributed by atoms with Gasteiger partial charge in [0, 0.05) is 33.5 Å². The third-order valence-corrected chi connectivity index (χ3v) is 5.98. The highest BCUT2D eigenvalue weighted by Gasteiger charge is 2.16. The van der Waals surface area contributed by atoms with Gasteiger partial charge in [0.15, 0.2) is 11.0 Å². The van der Waals surface area contributed by atoms with Gasteiger partial charge in [0.1, 0.15) is 0 Å². The Labute approximate surface area is 201 Å². The summed E-state index contributed by atoms with van der Waals surface area (Å²) in [6.45, 7) is 2.55.